The number of amides is 2. The molecule has 1 atom stereocenters. The van der Waals surface area contributed by atoms with Crippen molar-refractivity contribution >= 4 is 34.2 Å². The Morgan fingerprint density at radius 2 is 1.97 bits per heavy atom. The SMILES string of the molecule is CCCn1c(C(C)N(CC)C(=O)Nc2cccc(Cl)c2)nc2ccccc2c1=O. The summed E-state index contributed by atoms with van der Waals surface area (Å²) >= 11 is 6.02. The fourth-order valence-electron chi connectivity index (χ4n) is 3.44. The van der Waals surface area contributed by atoms with E-state index in [1.807, 2.05) is 39.0 Å². The molecule has 29 heavy (non-hydrogen) atoms. The predicted molar refractivity (Wildman–Crippen MR) is 118 cm³/mol. The zero-order chi connectivity index (χ0) is 21.0. The van der Waals surface area contributed by atoms with Gasteiger partial charge < -0.3 is 10.2 Å². The third-order valence-electron chi connectivity index (χ3n) is 4.86. The van der Waals surface area contributed by atoms with Gasteiger partial charge in [-0.05, 0) is 50.6 Å². The molecule has 0 saturated heterocycles. The van der Waals surface area contributed by atoms with Crippen LogP contribution in [0.25, 0.3) is 10.9 Å². The molecule has 0 aliphatic heterocycles. The molecule has 0 bridgehead atoms. The number of nitrogens with one attached hydrogen (secondary N) is 1. The monoisotopic (exact) mass is 412 g/mol. The van der Waals surface area contributed by atoms with E-state index in [9.17, 15) is 9.59 Å². The number of carbonyl (C=O) groups is 1. The number of hydrogen-bond donors (Lipinski definition) is 1. The van der Waals surface area contributed by atoms with Gasteiger partial charge >= 0.3 is 6.03 Å². The number of carbonyl (C=O) groups excluding carboxylic acids is 1. The quantitative estimate of drug-likeness (QED) is 0.614. The van der Waals surface area contributed by atoms with Crippen LogP contribution >= 0.6 is 11.6 Å². The van der Waals surface area contributed by atoms with Crippen molar-refractivity contribution in [3.8, 4) is 0 Å². The number of rotatable bonds is 6. The largest absolute Gasteiger partial charge is 0.322 e. The molecule has 1 N–H and O–H groups in total. The van der Waals surface area contributed by atoms with Crippen LogP contribution in [-0.4, -0.2) is 27.0 Å². The van der Waals surface area contributed by atoms with Gasteiger partial charge in [0.15, 0.2) is 0 Å². The molecule has 3 aromatic rings. The maximum atomic E-state index is 13.0. The molecule has 0 aliphatic rings. The fourth-order valence-corrected chi connectivity index (χ4v) is 3.63. The first-order valence-electron chi connectivity index (χ1n) is 9.78. The number of para-hydroxylation sites is 1. The second-order valence-electron chi connectivity index (χ2n) is 6.85. The van der Waals surface area contributed by atoms with E-state index >= 15 is 0 Å². The Morgan fingerprint density at radius 3 is 2.66 bits per heavy atom. The molecule has 1 unspecified atom stereocenters. The van der Waals surface area contributed by atoms with Crippen LogP contribution in [0.4, 0.5) is 10.5 Å². The normalized spacial score (nSPS) is 12.0. The van der Waals surface area contributed by atoms with E-state index in [0.29, 0.717) is 40.5 Å². The van der Waals surface area contributed by atoms with E-state index < -0.39 is 0 Å². The van der Waals surface area contributed by atoms with E-state index in [1.165, 1.54) is 0 Å². The van der Waals surface area contributed by atoms with Gasteiger partial charge in [0.2, 0.25) is 0 Å². The van der Waals surface area contributed by atoms with Crippen molar-refractivity contribution in [2.45, 2.75) is 39.8 Å². The van der Waals surface area contributed by atoms with Gasteiger partial charge in [0, 0.05) is 23.8 Å². The number of halogens is 1. The summed E-state index contributed by atoms with van der Waals surface area (Å²) in [4.78, 5) is 32.4. The number of nitrogens with zero attached hydrogens (tertiary/aromatic N) is 3. The standard InChI is InChI=1S/C22H25ClN4O2/c1-4-13-27-20(25-19-12-7-6-11-18(19)21(27)28)15(3)26(5-2)22(29)24-17-10-8-9-16(23)14-17/h6-12,14-15H,4-5,13H2,1-3H3,(H,24,29). The lowest BCUT2D eigenvalue weighted by molar-refractivity contribution is 0.192. The Labute approximate surface area is 175 Å². The third-order valence-corrected chi connectivity index (χ3v) is 5.09. The van der Waals surface area contributed by atoms with Gasteiger partial charge in [-0.15, -0.1) is 0 Å². The molecule has 0 saturated carbocycles. The lowest BCUT2D eigenvalue weighted by Crippen LogP contribution is -2.40. The van der Waals surface area contributed by atoms with Crippen LogP contribution < -0.4 is 10.9 Å². The molecule has 6 nitrogen and oxygen atoms in total. The minimum Gasteiger partial charge on any atom is -0.315 e. The number of fused-ring (bicyclic) bond motifs is 1. The predicted octanol–water partition coefficient (Wildman–Crippen LogP) is 5.07. The van der Waals surface area contributed by atoms with E-state index in [4.69, 9.17) is 16.6 Å². The van der Waals surface area contributed by atoms with Crippen molar-refractivity contribution < 1.29 is 4.79 Å². The molecule has 0 aliphatic carbocycles. The summed E-state index contributed by atoms with van der Waals surface area (Å²) in [5, 5.41) is 4.01. The zero-order valence-electron chi connectivity index (χ0n) is 16.9. The van der Waals surface area contributed by atoms with Crippen LogP contribution in [0.5, 0.6) is 0 Å². The molecular weight excluding hydrogens is 388 g/mol. The maximum Gasteiger partial charge on any atom is 0.322 e. The van der Waals surface area contributed by atoms with Crippen molar-refractivity contribution in [2.75, 3.05) is 11.9 Å². The van der Waals surface area contributed by atoms with Gasteiger partial charge in [0.25, 0.3) is 5.56 Å². The Balaban J connectivity index is 1.99. The first-order valence-corrected chi connectivity index (χ1v) is 10.2. The number of benzene rings is 2. The summed E-state index contributed by atoms with van der Waals surface area (Å²) in [5.74, 6) is 0.582. The van der Waals surface area contributed by atoms with Crippen molar-refractivity contribution in [1.29, 1.82) is 0 Å². The van der Waals surface area contributed by atoms with Gasteiger partial charge in [0.05, 0.1) is 16.9 Å². The second kappa shape index (κ2) is 9.09. The van der Waals surface area contributed by atoms with Crippen LogP contribution in [0.15, 0.2) is 53.3 Å². The average molecular weight is 413 g/mol. The summed E-state index contributed by atoms with van der Waals surface area (Å²) in [6.07, 6.45) is 0.792. The number of urea groups is 1. The molecule has 1 heterocycles. The topological polar surface area (TPSA) is 67.2 Å². The summed E-state index contributed by atoms with van der Waals surface area (Å²) in [6, 6.07) is 13.7. The van der Waals surface area contributed by atoms with Gasteiger partial charge in [-0.25, -0.2) is 9.78 Å². The molecule has 3 rings (SSSR count). The maximum absolute atomic E-state index is 13.0. The van der Waals surface area contributed by atoms with Crippen LogP contribution in [0.2, 0.25) is 5.02 Å². The minimum atomic E-state index is -0.386. The fraction of sp³-hybridized carbons (Fsp3) is 0.318. The molecule has 7 heteroatoms. The molecule has 2 amide bonds. The summed E-state index contributed by atoms with van der Waals surface area (Å²) in [5.41, 5.74) is 1.18. The molecular formula is C22H25ClN4O2. The highest BCUT2D eigenvalue weighted by Crippen LogP contribution is 2.22. The Bertz CT molecular complexity index is 1080. The van der Waals surface area contributed by atoms with E-state index in [2.05, 4.69) is 5.32 Å². The molecule has 0 radical (unpaired) electrons. The van der Waals surface area contributed by atoms with E-state index in [1.54, 1.807) is 39.8 Å². The Hall–Kier alpha value is -2.86. The molecule has 0 spiro atoms. The summed E-state index contributed by atoms with van der Waals surface area (Å²) < 4.78 is 1.68. The van der Waals surface area contributed by atoms with Gasteiger partial charge in [0.1, 0.15) is 5.82 Å². The smallest absolute Gasteiger partial charge is 0.315 e. The highest BCUT2D eigenvalue weighted by Gasteiger charge is 2.25. The van der Waals surface area contributed by atoms with Crippen molar-refractivity contribution in [1.82, 2.24) is 14.5 Å². The van der Waals surface area contributed by atoms with Crippen LogP contribution in [-0.2, 0) is 6.54 Å². The first kappa shape index (κ1) is 20.9. The van der Waals surface area contributed by atoms with Gasteiger partial charge in [-0.1, -0.05) is 36.7 Å². The van der Waals surface area contributed by atoms with Gasteiger partial charge in [-0.2, -0.15) is 0 Å². The van der Waals surface area contributed by atoms with E-state index in [0.717, 1.165) is 6.42 Å². The zero-order valence-corrected chi connectivity index (χ0v) is 17.6. The summed E-state index contributed by atoms with van der Waals surface area (Å²) in [7, 11) is 0. The van der Waals surface area contributed by atoms with E-state index in [-0.39, 0.29) is 17.6 Å². The number of aromatic nitrogens is 2. The molecule has 152 valence electrons. The average Bonchev–Trinajstić information content (AvgIpc) is 2.70. The lowest BCUT2D eigenvalue weighted by Gasteiger charge is -2.29. The molecule has 2 aromatic carbocycles. The lowest BCUT2D eigenvalue weighted by atomic mass is 10.2. The number of hydrogen-bond acceptors (Lipinski definition) is 3. The number of anilines is 1. The third kappa shape index (κ3) is 4.43. The van der Waals surface area contributed by atoms with Crippen LogP contribution in [0.3, 0.4) is 0 Å². The first-order chi connectivity index (χ1) is 14.0. The highest BCUT2D eigenvalue weighted by molar-refractivity contribution is 6.30. The minimum absolute atomic E-state index is 0.0781. The molecule has 0 fully saturated rings. The van der Waals surface area contributed by atoms with Crippen LogP contribution in [0, 0.1) is 0 Å². The van der Waals surface area contributed by atoms with Gasteiger partial charge in [-0.3, -0.25) is 9.36 Å². The second-order valence-corrected chi connectivity index (χ2v) is 7.28. The molecule has 1 aromatic heterocycles. The van der Waals surface area contributed by atoms with Crippen LogP contribution in [0.1, 0.15) is 39.1 Å². The Morgan fingerprint density at radius 1 is 1.21 bits per heavy atom. The summed E-state index contributed by atoms with van der Waals surface area (Å²) in [6.45, 7) is 6.81. The van der Waals surface area contributed by atoms with Crippen molar-refractivity contribution in [3.05, 3.63) is 69.7 Å². The highest BCUT2D eigenvalue weighted by atomic mass is 35.5. The van der Waals surface area contributed by atoms with Crippen molar-refractivity contribution in [3.63, 3.8) is 0 Å². The van der Waals surface area contributed by atoms with Crippen molar-refractivity contribution in [2.24, 2.45) is 0 Å². The Kier molecular flexibility index (Phi) is 6.54.